The monoisotopic (exact) mass is 450 g/mol. The standard InChI is InChI=1S/C26H46O4Si/c1-15-20-16(30-31(8,9)23(2,3)4)13-18-25(7)12-10-11-24(5,6)17(25)14-19(27)26(18,21(15)28)22(20)29/h15-20,22,27,29H,10-14H2,1-9H3/t15-,16+,17-,18+,19-,20-,22-,25-,26+/m1/s1. The zero-order chi connectivity index (χ0) is 23.4. The van der Waals surface area contributed by atoms with E-state index in [4.69, 9.17) is 4.43 Å². The Morgan fingerprint density at radius 3 is 2.23 bits per heavy atom. The lowest BCUT2D eigenvalue weighted by Crippen LogP contribution is -2.69. The Hall–Kier alpha value is -0.233. The first kappa shape index (κ1) is 23.9. The predicted octanol–water partition coefficient (Wildman–Crippen LogP) is 5.18. The second-order valence-corrected chi connectivity index (χ2v) is 18.7. The zero-order valence-electron chi connectivity index (χ0n) is 21.3. The van der Waals surface area contributed by atoms with E-state index in [-0.39, 0.29) is 45.5 Å². The van der Waals surface area contributed by atoms with Crippen molar-refractivity contribution in [2.45, 2.75) is 117 Å². The number of fused-ring (bicyclic) bond motifs is 3. The van der Waals surface area contributed by atoms with Crippen LogP contribution in [-0.4, -0.2) is 42.6 Å². The van der Waals surface area contributed by atoms with Crippen molar-refractivity contribution in [2.24, 2.45) is 39.9 Å². The van der Waals surface area contributed by atoms with Gasteiger partial charge in [0.2, 0.25) is 0 Å². The maximum absolute atomic E-state index is 13.9. The fraction of sp³-hybridized carbons (Fsp3) is 0.962. The Balaban J connectivity index is 1.82. The van der Waals surface area contributed by atoms with Crippen molar-refractivity contribution in [3.05, 3.63) is 0 Å². The number of hydrogen-bond acceptors (Lipinski definition) is 4. The van der Waals surface area contributed by atoms with Crippen LogP contribution in [0.15, 0.2) is 0 Å². The third-order valence-electron chi connectivity index (χ3n) is 11.1. The second kappa shape index (κ2) is 6.90. The summed E-state index contributed by atoms with van der Waals surface area (Å²) in [5, 5.41) is 23.4. The normalized spacial score (nSPS) is 49.5. The number of aliphatic hydroxyl groups excluding tert-OH is 2. The topological polar surface area (TPSA) is 66.8 Å². The number of aliphatic hydroxyl groups is 2. The molecule has 31 heavy (non-hydrogen) atoms. The maximum atomic E-state index is 13.9. The van der Waals surface area contributed by atoms with Gasteiger partial charge in [0.25, 0.3) is 0 Å². The molecule has 0 aromatic heterocycles. The van der Waals surface area contributed by atoms with Crippen LogP contribution in [0.3, 0.4) is 0 Å². The Kier molecular flexibility index (Phi) is 5.32. The van der Waals surface area contributed by atoms with Crippen LogP contribution in [0.1, 0.15) is 80.6 Å². The molecule has 4 aliphatic rings. The molecule has 5 heteroatoms. The first-order valence-electron chi connectivity index (χ1n) is 12.6. The van der Waals surface area contributed by atoms with Crippen molar-refractivity contribution in [1.29, 1.82) is 0 Å². The highest BCUT2D eigenvalue weighted by atomic mass is 28.4. The van der Waals surface area contributed by atoms with Gasteiger partial charge in [-0.3, -0.25) is 4.79 Å². The summed E-state index contributed by atoms with van der Waals surface area (Å²) in [6.07, 6.45) is 3.16. The molecule has 2 N–H and O–H groups in total. The number of ketones is 1. The molecule has 1 spiro atoms. The molecule has 0 aliphatic heterocycles. The number of carbonyl (C=O) groups excluding carboxylic acids is 1. The zero-order valence-corrected chi connectivity index (χ0v) is 22.3. The summed E-state index contributed by atoms with van der Waals surface area (Å²) in [6, 6.07) is 0. The third kappa shape index (κ3) is 2.98. The van der Waals surface area contributed by atoms with Crippen molar-refractivity contribution in [1.82, 2.24) is 0 Å². The van der Waals surface area contributed by atoms with Gasteiger partial charge in [0.1, 0.15) is 5.78 Å². The van der Waals surface area contributed by atoms with Gasteiger partial charge < -0.3 is 14.6 Å². The second-order valence-electron chi connectivity index (χ2n) is 14.0. The molecule has 0 amide bonds. The first-order valence-corrected chi connectivity index (χ1v) is 15.5. The highest BCUT2D eigenvalue weighted by molar-refractivity contribution is 6.74. The molecule has 0 radical (unpaired) electrons. The molecule has 0 heterocycles. The van der Waals surface area contributed by atoms with Crippen LogP contribution in [0.25, 0.3) is 0 Å². The quantitative estimate of drug-likeness (QED) is 0.569. The molecule has 4 nitrogen and oxygen atoms in total. The molecule has 4 rings (SSSR count). The van der Waals surface area contributed by atoms with Crippen LogP contribution in [0, 0.1) is 39.9 Å². The maximum Gasteiger partial charge on any atom is 0.192 e. The van der Waals surface area contributed by atoms with E-state index in [0.717, 1.165) is 19.3 Å². The van der Waals surface area contributed by atoms with E-state index in [2.05, 4.69) is 54.6 Å². The molecular weight excluding hydrogens is 404 g/mol. The lowest BCUT2D eigenvalue weighted by Gasteiger charge is -2.66. The summed E-state index contributed by atoms with van der Waals surface area (Å²) in [5.74, 6) is -0.0236. The summed E-state index contributed by atoms with van der Waals surface area (Å²) in [5.41, 5.74) is -0.918. The summed E-state index contributed by atoms with van der Waals surface area (Å²) in [4.78, 5) is 13.9. The fourth-order valence-corrected chi connectivity index (χ4v) is 9.84. The Labute approximate surface area is 190 Å². The van der Waals surface area contributed by atoms with Gasteiger partial charge in [-0.15, -0.1) is 0 Å². The van der Waals surface area contributed by atoms with Gasteiger partial charge in [-0.2, -0.15) is 0 Å². The Morgan fingerprint density at radius 1 is 1.03 bits per heavy atom. The summed E-state index contributed by atoms with van der Waals surface area (Å²) in [6.45, 7) is 20.3. The van der Waals surface area contributed by atoms with Gasteiger partial charge in [-0.25, -0.2) is 0 Å². The molecule has 2 bridgehead atoms. The van der Waals surface area contributed by atoms with Crippen molar-refractivity contribution < 1.29 is 19.4 Å². The molecule has 0 aromatic carbocycles. The predicted molar refractivity (Wildman–Crippen MR) is 126 cm³/mol. The minimum atomic E-state index is -2.07. The van der Waals surface area contributed by atoms with E-state index < -0.39 is 25.9 Å². The largest absolute Gasteiger partial charge is 0.414 e. The van der Waals surface area contributed by atoms with E-state index >= 15 is 0 Å². The van der Waals surface area contributed by atoms with Crippen LogP contribution in [-0.2, 0) is 9.22 Å². The van der Waals surface area contributed by atoms with Crippen molar-refractivity contribution in [3.63, 3.8) is 0 Å². The molecule has 0 unspecified atom stereocenters. The van der Waals surface area contributed by atoms with Crippen LogP contribution in [0.4, 0.5) is 0 Å². The highest BCUT2D eigenvalue weighted by Gasteiger charge is 2.76. The molecule has 0 saturated heterocycles. The number of hydrogen-bond donors (Lipinski definition) is 2. The first-order chi connectivity index (χ1) is 14.0. The highest BCUT2D eigenvalue weighted by Crippen LogP contribution is 2.71. The van der Waals surface area contributed by atoms with Crippen molar-refractivity contribution in [2.75, 3.05) is 0 Å². The molecule has 178 valence electrons. The summed E-state index contributed by atoms with van der Waals surface area (Å²) >= 11 is 0. The van der Waals surface area contributed by atoms with Gasteiger partial charge in [-0.05, 0) is 66.5 Å². The van der Waals surface area contributed by atoms with Gasteiger partial charge in [0, 0.05) is 11.8 Å². The van der Waals surface area contributed by atoms with E-state index in [1.54, 1.807) is 0 Å². The van der Waals surface area contributed by atoms with E-state index in [1.807, 2.05) is 6.92 Å². The lowest BCUT2D eigenvalue weighted by atomic mass is 9.39. The van der Waals surface area contributed by atoms with Gasteiger partial charge in [0.05, 0.1) is 23.7 Å². The van der Waals surface area contributed by atoms with Gasteiger partial charge in [-0.1, -0.05) is 54.9 Å². The molecule has 0 aromatic rings. The molecule has 4 fully saturated rings. The Bertz CT molecular complexity index is 755. The average molecular weight is 451 g/mol. The minimum Gasteiger partial charge on any atom is -0.414 e. The smallest absolute Gasteiger partial charge is 0.192 e. The Morgan fingerprint density at radius 2 is 1.65 bits per heavy atom. The summed E-state index contributed by atoms with van der Waals surface area (Å²) in [7, 11) is -2.07. The van der Waals surface area contributed by atoms with Gasteiger partial charge >= 0.3 is 0 Å². The van der Waals surface area contributed by atoms with Crippen LogP contribution >= 0.6 is 0 Å². The molecule has 4 aliphatic carbocycles. The van der Waals surface area contributed by atoms with Crippen LogP contribution in [0.5, 0.6) is 0 Å². The molecular formula is C26H46O4Si. The SMILES string of the molecule is C[C@H]1C(=O)[C@@]23[C@H](O)C[C@@H]4C(C)(C)CCC[C@@]4(C)[C@@H]2C[C@H](O[Si](C)(C)C(C)(C)C)[C@@H]1[C@H]3O. The average Bonchev–Trinajstić information content (AvgIpc) is 2.73. The van der Waals surface area contributed by atoms with E-state index in [0.29, 0.717) is 12.3 Å². The third-order valence-corrected chi connectivity index (χ3v) is 15.6. The van der Waals surface area contributed by atoms with E-state index in [1.165, 1.54) is 6.42 Å². The number of rotatable bonds is 2. The van der Waals surface area contributed by atoms with Crippen molar-refractivity contribution >= 4 is 14.1 Å². The van der Waals surface area contributed by atoms with E-state index in [9.17, 15) is 15.0 Å². The minimum absolute atomic E-state index is 0.0215. The number of Topliss-reactive ketones (excluding diaryl/α,β-unsaturated/α-hetero) is 1. The lowest BCUT2D eigenvalue weighted by molar-refractivity contribution is -0.237. The van der Waals surface area contributed by atoms with Gasteiger partial charge in [0.15, 0.2) is 8.32 Å². The van der Waals surface area contributed by atoms with Crippen LogP contribution in [0.2, 0.25) is 18.1 Å². The number of carbonyl (C=O) groups is 1. The molecule has 9 atom stereocenters. The molecule has 4 saturated carbocycles. The van der Waals surface area contributed by atoms with Crippen LogP contribution < -0.4 is 0 Å². The summed E-state index contributed by atoms with van der Waals surface area (Å²) < 4.78 is 6.97. The van der Waals surface area contributed by atoms with Crippen molar-refractivity contribution in [3.8, 4) is 0 Å². The fourth-order valence-electron chi connectivity index (χ4n) is 8.47.